The van der Waals surface area contributed by atoms with Crippen LogP contribution in [0.1, 0.15) is 23.4 Å². The predicted molar refractivity (Wildman–Crippen MR) is 96.7 cm³/mol. The second kappa shape index (κ2) is 6.05. The molecule has 3 heteroatoms. The van der Waals surface area contributed by atoms with Crippen LogP contribution in [0.15, 0.2) is 60.7 Å². The number of rotatable bonds is 4. The molecular weight excluding hydrogens is 304 g/mol. The summed E-state index contributed by atoms with van der Waals surface area (Å²) >= 11 is 6.05. The fourth-order valence-corrected chi connectivity index (χ4v) is 3.18. The van der Waals surface area contributed by atoms with E-state index in [-0.39, 0.29) is 0 Å². The summed E-state index contributed by atoms with van der Waals surface area (Å²) in [6, 6.07) is 14.6. The first-order valence-corrected chi connectivity index (χ1v) is 8.25. The van der Waals surface area contributed by atoms with Crippen molar-refractivity contribution in [3.63, 3.8) is 0 Å². The van der Waals surface area contributed by atoms with Crippen LogP contribution in [0.2, 0.25) is 5.02 Å². The van der Waals surface area contributed by atoms with Gasteiger partial charge >= 0.3 is 0 Å². The van der Waals surface area contributed by atoms with Crippen LogP contribution in [-0.2, 0) is 12.8 Å². The summed E-state index contributed by atoms with van der Waals surface area (Å²) in [4.78, 5) is 8.13. The third-order valence-corrected chi connectivity index (χ3v) is 4.45. The highest BCUT2D eigenvalue weighted by atomic mass is 35.5. The van der Waals surface area contributed by atoms with Crippen molar-refractivity contribution >= 4 is 28.2 Å². The first kappa shape index (κ1) is 14.3. The van der Waals surface area contributed by atoms with Gasteiger partial charge in [-0.15, -0.1) is 0 Å². The molecule has 3 aromatic rings. The molecule has 1 aliphatic rings. The molecule has 0 radical (unpaired) electrons. The molecule has 1 heterocycles. The Morgan fingerprint density at radius 3 is 2.70 bits per heavy atom. The largest absolute Gasteiger partial charge is 0.338 e. The van der Waals surface area contributed by atoms with Gasteiger partial charge in [-0.1, -0.05) is 48.0 Å². The van der Waals surface area contributed by atoms with Gasteiger partial charge in [-0.3, -0.25) is 0 Å². The maximum atomic E-state index is 6.05. The number of benzene rings is 2. The minimum Gasteiger partial charge on any atom is -0.338 e. The Hall–Kier alpha value is -2.32. The van der Waals surface area contributed by atoms with Gasteiger partial charge in [0.1, 0.15) is 5.82 Å². The summed E-state index contributed by atoms with van der Waals surface area (Å²) in [7, 11) is 0. The topological polar surface area (TPSA) is 28.7 Å². The van der Waals surface area contributed by atoms with Crippen molar-refractivity contribution in [2.75, 3.05) is 0 Å². The third kappa shape index (κ3) is 3.08. The Balaban J connectivity index is 1.54. The van der Waals surface area contributed by atoms with Crippen LogP contribution in [-0.4, -0.2) is 9.97 Å². The van der Waals surface area contributed by atoms with Gasteiger partial charge in [0.2, 0.25) is 0 Å². The van der Waals surface area contributed by atoms with Gasteiger partial charge in [-0.25, -0.2) is 4.98 Å². The predicted octanol–water partition coefficient (Wildman–Crippen LogP) is 5.34. The Bertz CT molecular complexity index is 918. The number of nitrogens with zero attached hydrogens (tertiary/aromatic N) is 1. The van der Waals surface area contributed by atoms with Crippen LogP contribution in [0.4, 0.5) is 0 Å². The molecule has 0 saturated heterocycles. The molecule has 2 nitrogen and oxygen atoms in total. The highest BCUT2D eigenvalue weighted by Crippen LogP contribution is 2.24. The summed E-state index contributed by atoms with van der Waals surface area (Å²) in [6.07, 6.45) is 9.30. The minimum atomic E-state index is 0.801. The van der Waals surface area contributed by atoms with E-state index in [0.29, 0.717) is 0 Å². The van der Waals surface area contributed by atoms with Gasteiger partial charge in [-0.2, -0.15) is 0 Å². The van der Waals surface area contributed by atoms with Crippen molar-refractivity contribution in [1.29, 1.82) is 0 Å². The molecule has 0 fully saturated rings. The van der Waals surface area contributed by atoms with Crippen LogP contribution in [0.5, 0.6) is 0 Å². The highest BCUT2D eigenvalue weighted by Gasteiger charge is 2.09. The molecule has 0 unspecified atom stereocenters. The van der Waals surface area contributed by atoms with Crippen LogP contribution < -0.4 is 0 Å². The van der Waals surface area contributed by atoms with Gasteiger partial charge < -0.3 is 4.98 Å². The van der Waals surface area contributed by atoms with E-state index in [4.69, 9.17) is 11.6 Å². The molecule has 0 amide bonds. The first-order chi connectivity index (χ1) is 11.3. The number of nitrogens with one attached hydrogen (secondary N) is 1. The quantitative estimate of drug-likeness (QED) is 0.690. The van der Waals surface area contributed by atoms with Crippen LogP contribution in [0, 0.1) is 0 Å². The monoisotopic (exact) mass is 320 g/mol. The summed E-state index contributed by atoms with van der Waals surface area (Å²) in [6.45, 7) is 0. The van der Waals surface area contributed by atoms with Crippen molar-refractivity contribution in [2.45, 2.75) is 19.3 Å². The zero-order chi connectivity index (χ0) is 15.6. The molecule has 4 rings (SSSR count). The molecule has 0 aliphatic heterocycles. The smallest absolute Gasteiger partial charge is 0.134 e. The van der Waals surface area contributed by atoms with E-state index < -0.39 is 0 Å². The van der Waals surface area contributed by atoms with E-state index in [1.54, 1.807) is 0 Å². The van der Waals surface area contributed by atoms with Crippen molar-refractivity contribution in [3.05, 3.63) is 82.7 Å². The third-order valence-electron chi connectivity index (χ3n) is 4.21. The first-order valence-electron chi connectivity index (χ1n) is 7.87. The summed E-state index contributed by atoms with van der Waals surface area (Å²) in [5.74, 6) is 0.983. The molecule has 0 bridgehead atoms. The molecule has 0 saturated carbocycles. The van der Waals surface area contributed by atoms with Crippen LogP contribution >= 0.6 is 11.6 Å². The summed E-state index contributed by atoms with van der Waals surface area (Å²) in [5.41, 5.74) is 5.97. The number of halogens is 1. The molecule has 2 aromatic carbocycles. The number of hydrogen-bond donors (Lipinski definition) is 1. The Morgan fingerprint density at radius 1 is 1.04 bits per heavy atom. The van der Waals surface area contributed by atoms with E-state index in [0.717, 1.165) is 41.1 Å². The second-order valence-electron chi connectivity index (χ2n) is 5.89. The average Bonchev–Trinajstić information content (AvgIpc) is 3.21. The molecule has 0 atom stereocenters. The Kier molecular flexibility index (Phi) is 3.76. The van der Waals surface area contributed by atoms with Crippen LogP contribution in [0.3, 0.4) is 0 Å². The SMILES string of the molecule is Clc1cccc(CCc2ccc3nc(C4=CC=CC4)[nH]c3c2)c1. The number of fused-ring (bicyclic) bond motifs is 1. The lowest BCUT2D eigenvalue weighted by atomic mass is 10.0. The zero-order valence-electron chi connectivity index (χ0n) is 12.7. The lowest BCUT2D eigenvalue weighted by Crippen LogP contribution is -1.91. The second-order valence-corrected chi connectivity index (χ2v) is 6.33. The van der Waals surface area contributed by atoms with E-state index >= 15 is 0 Å². The fourth-order valence-electron chi connectivity index (χ4n) is 2.97. The van der Waals surface area contributed by atoms with Gasteiger partial charge in [0, 0.05) is 5.02 Å². The van der Waals surface area contributed by atoms with Crippen molar-refractivity contribution < 1.29 is 0 Å². The fraction of sp³-hybridized carbons (Fsp3) is 0.150. The number of aryl methyl sites for hydroxylation is 2. The molecule has 23 heavy (non-hydrogen) atoms. The molecule has 1 aromatic heterocycles. The lowest BCUT2D eigenvalue weighted by Gasteiger charge is -2.03. The van der Waals surface area contributed by atoms with Gasteiger partial charge in [-0.05, 0) is 60.2 Å². The minimum absolute atomic E-state index is 0.801. The van der Waals surface area contributed by atoms with Gasteiger partial charge in [0.05, 0.1) is 11.0 Å². The number of imidazole rings is 1. The molecule has 1 N–H and O–H groups in total. The molecular formula is C20H17ClN2. The Labute approximate surface area is 140 Å². The van der Waals surface area contributed by atoms with E-state index in [2.05, 4.69) is 52.5 Å². The summed E-state index contributed by atoms with van der Waals surface area (Å²) < 4.78 is 0. The zero-order valence-corrected chi connectivity index (χ0v) is 13.5. The normalized spacial score (nSPS) is 13.7. The highest BCUT2D eigenvalue weighted by molar-refractivity contribution is 6.30. The number of hydrogen-bond acceptors (Lipinski definition) is 1. The maximum absolute atomic E-state index is 6.05. The van der Waals surface area contributed by atoms with Crippen molar-refractivity contribution in [2.24, 2.45) is 0 Å². The maximum Gasteiger partial charge on any atom is 0.134 e. The van der Waals surface area contributed by atoms with E-state index in [9.17, 15) is 0 Å². The number of aromatic amines is 1. The van der Waals surface area contributed by atoms with E-state index in [1.807, 2.05) is 18.2 Å². The van der Waals surface area contributed by atoms with Gasteiger partial charge in [0.25, 0.3) is 0 Å². The average molecular weight is 321 g/mol. The van der Waals surface area contributed by atoms with Crippen molar-refractivity contribution in [3.8, 4) is 0 Å². The standard InChI is InChI=1S/C20H17ClN2/c21-17-7-3-4-14(12-17)8-9-15-10-11-18-19(13-15)23-20(22-18)16-5-1-2-6-16/h1-5,7,10-13H,6,8-9H2,(H,22,23). The number of H-pyrrole nitrogens is 1. The number of aromatic nitrogens is 2. The lowest BCUT2D eigenvalue weighted by molar-refractivity contribution is 0.962. The van der Waals surface area contributed by atoms with Gasteiger partial charge in [0.15, 0.2) is 0 Å². The molecule has 114 valence electrons. The van der Waals surface area contributed by atoms with Crippen LogP contribution in [0.25, 0.3) is 16.6 Å². The summed E-state index contributed by atoms with van der Waals surface area (Å²) in [5, 5.41) is 0.801. The van der Waals surface area contributed by atoms with Crippen molar-refractivity contribution in [1.82, 2.24) is 9.97 Å². The molecule has 0 spiro atoms. The Morgan fingerprint density at radius 2 is 1.91 bits per heavy atom. The number of allylic oxidation sites excluding steroid dienone is 4. The molecule has 1 aliphatic carbocycles. The van der Waals surface area contributed by atoms with E-state index in [1.165, 1.54) is 16.7 Å².